The Bertz CT molecular complexity index is 247. The highest BCUT2D eigenvalue weighted by Crippen LogP contribution is 2.27. The van der Waals surface area contributed by atoms with E-state index >= 15 is 0 Å². The van der Waals surface area contributed by atoms with E-state index in [9.17, 15) is 0 Å². The van der Waals surface area contributed by atoms with E-state index in [1.54, 1.807) is 0 Å². The van der Waals surface area contributed by atoms with Gasteiger partial charge in [-0.1, -0.05) is 34.6 Å². The Labute approximate surface area is 119 Å². The molecule has 0 spiro atoms. The summed E-state index contributed by atoms with van der Waals surface area (Å²) in [5.41, 5.74) is 6.17. The molecule has 3 heteroatoms. The number of nitrogens with one attached hydrogen (secondary N) is 1. The molecule has 0 aromatic carbocycles. The smallest absolute Gasteiger partial charge is 0.0590 e. The van der Waals surface area contributed by atoms with Gasteiger partial charge in [-0.15, -0.1) is 0 Å². The molecule has 1 heterocycles. The molecule has 1 aliphatic rings. The third-order valence-electron chi connectivity index (χ3n) is 4.82. The number of hydrogen-bond donors (Lipinski definition) is 2. The lowest BCUT2D eigenvalue weighted by atomic mass is 9.82. The summed E-state index contributed by atoms with van der Waals surface area (Å²) in [6.07, 6.45) is 3.56. The molecule has 114 valence electrons. The minimum absolute atomic E-state index is 0.0982. The van der Waals surface area contributed by atoms with Crippen molar-refractivity contribution in [1.82, 2.24) is 5.32 Å². The molecule has 0 amide bonds. The summed E-state index contributed by atoms with van der Waals surface area (Å²) in [6.45, 7) is 14.1. The summed E-state index contributed by atoms with van der Waals surface area (Å²) in [5, 5.41) is 3.81. The van der Waals surface area contributed by atoms with Gasteiger partial charge in [-0.2, -0.15) is 0 Å². The normalized spacial score (nSPS) is 28.6. The highest BCUT2D eigenvalue weighted by Gasteiger charge is 2.35. The van der Waals surface area contributed by atoms with Crippen LogP contribution in [0.3, 0.4) is 0 Å². The Balaban J connectivity index is 2.60. The Hall–Kier alpha value is -0.120. The largest absolute Gasteiger partial charge is 0.378 e. The zero-order valence-corrected chi connectivity index (χ0v) is 13.5. The van der Waals surface area contributed by atoms with E-state index in [-0.39, 0.29) is 5.54 Å². The fourth-order valence-corrected chi connectivity index (χ4v) is 3.27. The summed E-state index contributed by atoms with van der Waals surface area (Å²) in [4.78, 5) is 0. The van der Waals surface area contributed by atoms with Crippen molar-refractivity contribution in [1.29, 1.82) is 0 Å². The van der Waals surface area contributed by atoms with Gasteiger partial charge in [0, 0.05) is 18.7 Å². The van der Waals surface area contributed by atoms with Gasteiger partial charge in [-0.05, 0) is 43.6 Å². The van der Waals surface area contributed by atoms with E-state index in [1.807, 2.05) is 0 Å². The van der Waals surface area contributed by atoms with Crippen molar-refractivity contribution < 1.29 is 4.74 Å². The first-order valence-electron chi connectivity index (χ1n) is 8.00. The van der Waals surface area contributed by atoms with Crippen molar-refractivity contribution in [2.75, 3.05) is 19.7 Å². The van der Waals surface area contributed by atoms with Gasteiger partial charge in [-0.25, -0.2) is 0 Å². The van der Waals surface area contributed by atoms with Crippen LogP contribution in [0.1, 0.15) is 53.9 Å². The molecule has 1 fully saturated rings. The Morgan fingerprint density at radius 1 is 1.26 bits per heavy atom. The summed E-state index contributed by atoms with van der Waals surface area (Å²) < 4.78 is 5.79. The zero-order valence-electron chi connectivity index (χ0n) is 13.5. The maximum atomic E-state index is 6.08. The molecule has 0 aromatic heterocycles. The second-order valence-corrected chi connectivity index (χ2v) is 6.87. The minimum atomic E-state index is 0.0982. The van der Waals surface area contributed by atoms with Crippen LogP contribution in [0.5, 0.6) is 0 Å². The SMILES string of the molecule is CCC1CC(CN)(NCC(C(C)C)C(C)C)CCO1. The second kappa shape index (κ2) is 7.61. The van der Waals surface area contributed by atoms with Crippen molar-refractivity contribution >= 4 is 0 Å². The van der Waals surface area contributed by atoms with Gasteiger partial charge in [0.25, 0.3) is 0 Å². The molecule has 3 N–H and O–H groups in total. The average Bonchev–Trinajstić information content (AvgIpc) is 2.38. The van der Waals surface area contributed by atoms with Crippen LogP contribution in [0.4, 0.5) is 0 Å². The molecule has 1 aliphatic heterocycles. The van der Waals surface area contributed by atoms with Crippen LogP contribution < -0.4 is 11.1 Å². The summed E-state index contributed by atoms with van der Waals surface area (Å²) >= 11 is 0. The first kappa shape index (κ1) is 16.9. The summed E-state index contributed by atoms with van der Waals surface area (Å²) in [7, 11) is 0. The molecule has 19 heavy (non-hydrogen) atoms. The predicted octanol–water partition coefficient (Wildman–Crippen LogP) is 2.79. The van der Waals surface area contributed by atoms with Gasteiger partial charge in [-0.3, -0.25) is 0 Å². The van der Waals surface area contributed by atoms with Gasteiger partial charge >= 0.3 is 0 Å². The van der Waals surface area contributed by atoms with Gasteiger partial charge in [0.1, 0.15) is 0 Å². The van der Waals surface area contributed by atoms with Gasteiger partial charge < -0.3 is 15.8 Å². The molecule has 0 aromatic rings. The number of hydrogen-bond acceptors (Lipinski definition) is 3. The fourth-order valence-electron chi connectivity index (χ4n) is 3.27. The van der Waals surface area contributed by atoms with Crippen LogP contribution in [0.25, 0.3) is 0 Å². The quantitative estimate of drug-likeness (QED) is 0.748. The number of ether oxygens (including phenoxy) is 1. The lowest BCUT2D eigenvalue weighted by Gasteiger charge is -2.42. The molecule has 1 rings (SSSR count). The monoisotopic (exact) mass is 270 g/mol. The van der Waals surface area contributed by atoms with Crippen molar-refractivity contribution in [2.45, 2.75) is 65.5 Å². The van der Waals surface area contributed by atoms with Gasteiger partial charge in [0.05, 0.1) is 6.10 Å². The predicted molar refractivity (Wildman–Crippen MR) is 82.2 cm³/mol. The average molecular weight is 270 g/mol. The van der Waals surface area contributed by atoms with E-state index in [0.717, 1.165) is 39.0 Å². The van der Waals surface area contributed by atoms with Gasteiger partial charge in [0.2, 0.25) is 0 Å². The molecule has 0 aliphatic carbocycles. The molecule has 3 nitrogen and oxygen atoms in total. The van der Waals surface area contributed by atoms with Crippen LogP contribution in [0.15, 0.2) is 0 Å². The van der Waals surface area contributed by atoms with Crippen LogP contribution in [0, 0.1) is 17.8 Å². The first-order valence-corrected chi connectivity index (χ1v) is 8.00. The second-order valence-electron chi connectivity index (χ2n) is 6.87. The first-order chi connectivity index (χ1) is 8.94. The number of rotatable bonds is 7. The lowest BCUT2D eigenvalue weighted by molar-refractivity contribution is -0.0297. The van der Waals surface area contributed by atoms with Crippen molar-refractivity contribution in [3.8, 4) is 0 Å². The molecule has 2 atom stereocenters. The molecule has 0 saturated carbocycles. The van der Waals surface area contributed by atoms with Crippen LogP contribution >= 0.6 is 0 Å². The molecule has 0 bridgehead atoms. The van der Waals surface area contributed by atoms with Crippen molar-refractivity contribution in [3.63, 3.8) is 0 Å². The maximum absolute atomic E-state index is 6.08. The number of nitrogens with two attached hydrogens (primary N) is 1. The lowest BCUT2D eigenvalue weighted by Crippen LogP contribution is -2.58. The topological polar surface area (TPSA) is 47.3 Å². The maximum Gasteiger partial charge on any atom is 0.0590 e. The van der Waals surface area contributed by atoms with E-state index in [4.69, 9.17) is 10.5 Å². The van der Waals surface area contributed by atoms with E-state index < -0.39 is 0 Å². The van der Waals surface area contributed by atoms with Crippen LogP contribution in [0.2, 0.25) is 0 Å². The van der Waals surface area contributed by atoms with Crippen LogP contribution in [-0.2, 0) is 4.74 Å². The third-order valence-corrected chi connectivity index (χ3v) is 4.82. The standard InChI is InChI=1S/C16H34N2O/c1-6-14-9-16(11-17,7-8-19-14)18-10-15(12(2)3)13(4)5/h12-15,18H,6-11,17H2,1-5H3. The summed E-state index contributed by atoms with van der Waals surface area (Å²) in [6, 6.07) is 0. The Morgan fingerprint density at radius 3 is 2.37 bits per heavy atom. The van der Waals surface area contributed by atoms with Crippen molar-refractivity contribution in [3.05, 3.63) is 0 Å². The zero-order chi connectivity index (χ0) is 14.5. The van der Waals surface area contributed by atoms with Crippen molar-refractivity contribution in [2.24, 2.45) is 23.5 Å². The fraction of sp³-hybridized carbons (Fsp3) is 1.00. The Morgan fingerprint density at radius 2 is 1.89 bits per heavy atom. The molecule has 0 radical (unpaired) electrons. The van der Waals surface area contributed by atoms with Gasteiger partial charge in [0.15, 0.2) is 0 Å². The third kappa shape index (κ3) is 4.73. The highest BCUT2D eigenvalue weighted by atomic mass is 16.5. The molecular weight excluding hydrogens is 236 g/mol. The Kier molecular flexibility index (Phi) is 6.78. The molecule has 1 saturated heterocycles. The molecular formula is C16H34N2O. The van der Waals surface area contributed by atoms with E-state index in [2.05, 4.69) is 39.9 Å². The molecule has 2 unspecified atom stereocenters. The summed E-state index contributed by atoms with van der Waals surface area (Å²) in [5.74, 6) is 2.14. The van der Waals surface area contributed by atoms with Crippen LogP contribution in [-0.4, -0.2) is 31.3 Å². The van der Waals surface area contributed by atoms with E-state index in [1.165, 1.54) is 0 Å². The highest BCUT2D eigenvalue weighted by molar-refractivity contribution is 4.94. The minimum Gasteiger partial charge on any atom is -0.378 e. The van der Waals surface area contributed by atoms with E-state index in [0.29, 0.717) is 23.9 Å².